The van der Waals surface area contributed by atoms with Gasteiger partial charge in [0, 0.05) is 0 Å². The van der Waals surface area contributed by atoms with Gasteiger partial charge in [-0.3, -0.25) is 0 Å². The molecule has 0 spiro atoms. The summed E-state index contributed by atoms with van der Waals surface area (Å²) in [6.07, 6.45) is 1.04. The Balaban J connectivity index is 3.11. The van der Waals surface area contributed by atoms with Crippen LogP contribution < -0.4 is 4.74 Å². The van der Waals surface area contributed by atoms with Crippen LogP contribution >= 0.6 is 0 Å². The summed E-state index contributed by atoms with van der Waals surface area (Å²) < 4.78 is 5.95. The monoisotopic (exact) mass is 294 g/mol. The fourth-order valence-electron chi connectivity index (χ4n) is 2.69. The number of benzene rings is 1. The molecule has 120 valence electrons. The number of ether oxygens (including phenoxy) is 1. The minimum atomic E-state index is -0.704. The van der Waals surface area contributed by atoms with Gasteiger partial charge in [-0.15, -0.1) is 0 Å². The zero-order chi connectivity index (χ0) is 16.0. The second-order valence-electron chi connectivity index (χ2n) is 6.00. The fourth-order valence-corrected chi connectivity index (χ4v) is 2.69. The van der Waals surface area contributed by atoms with E-state index in [1.54, 1.807) is 6.92 Å². The average Bonchev–Trinajstić information content (AvgIpc) is 2.42. The van der Waals surface area contributed by atoms with Gasteiger partial charge in [0.2, 0.25) is 0 Å². The van der Waals surface area contributed by atoms with Crippen LogP contribution in [0.25, 0.3) is 0 Å². The predicted octanol–water partition coefficient (Wildman–Crippen LogP) is 3.72. The standard InChI is InChI=1S/C18H30O3/c1-6-8-21-18-13(4)9-12(3)10-16(18)15(7-2)11-17(20)14(5)19/h9-10,14-15,17,19-20H,6-8,11H2,1-5H3. The maximum atomic E-state index is 10.0. The Morgan fingerprint density at radius 3 is 2.33 bits per heavy atom. The van der Waals surface area contributed by atoms with Crippen LogP contribution in [-0.4, -0.2) is 29.0 Å². The van der Waals surface area contributed by atoms with E-state index in [4.69, 9.17) is 4.74 Å². The first kappa shape index (κ1) is 18.0. The number of aliphatic hydroxyl groups is 2. The summed E-state index contributed by atoms with van der Waals surface area (Å²) in [6.45, 7) is 10.7. The van der Waals surface area contributed by atoms with E-state index < -0.39 is 12.2 Å². The first-order chi connectivity index (χ1) is 9.90. The van der Waals surface area contributed by atoms with Crippen LogP contribution in [0.15, 0.2) is 12.1 Å². The molecule has 0 aliphatic carbocycles. The molecule has 0 saturated heterocycles. The summed E-state index contributed by atoms with van der Waals surface area (Å²) >= 11 is 0. The summed E-state index contributed by atoms with van der Waals surface area (Å²) in [4.78, 5) is 0. The third kappa shape index (κ3) is 5.01. The van der Waals surface area contributed by atoms with E-state index in [1.807, 2.05) is 0 Å². The SMILES string of the molecule is CCCOc1c(C)cc(C)cc1C(CC)CC(O)C(C)O. The zero-order valence-corrected chi connectivity index (χ0v) is 14.0. The van der Waals surface area contributed by atoms with Crippen LogP contribution in [0.3, 0.4) is 0 Å². The summed E-state index contributed by atoms with van der Waals surface area (Å²) in [5.74, 6) is 1.15. The molecular formula is C18H30O3. The number of aryl methyl sites for hydroxylation is 2. The normalized spacial score (nSPS) is 15.6. The number of rotatable bonds is 8. The summed E-state index contributed by atoms with van der Waals surface area (Å²) in [7, 11) is 0. The van der Waals surface area contributed by atoms with Crippen molar-refractivity contribution in [2.75, 3.05) is 6.61 Å². The van der Waals surface area contributed by atoms with Gasteiger partial charge in [-0.2, -0.15) is 0 Å². The lowest BCUT2D eigenvalue weighted by Crippen LogP contribution is -2.25. The van der Waals surface area contributed by atoms with Crippen LogP contribution in [0.2, 0.25) is 0 Å². The molecule has 0 aliphatic heterocycles. The van der Waals surface area contributed by atoms with E-state index in [2.05, 4.69) is 39.8 Å². The number of hydrogen-bond donors (Lipinski definition) is 2. The molecule has 3 heteroatoms. The van der Waals surface area contributed by atoms with E-state index >= 15 is 0 Å². The molecule has 3 atom stereocenters. The molecule has 1 aromatic rings. The van der Waals surface area contributed by atoms with Crippen LogP contribution in [0, 0.1) is 13.8 Å². The zero-order valence-electron chi connectivity index (χ0n) is 14.0. The summed E-state index contributed by atoms with van der Waals surface area (Å²) in [5.41, 5.74) is 3.50. The van der Waals surface area contributed by atoms with Gasteiger partial charge in [0.25, 0.3) is 0 Å². The Kier molecular flexibility index (Phi) is 7.20. The lowest BCUT2D eigenvalue weighted by atomic mass is 9.87. The Morgan fingerprint density at radius 2 is 1.81 bits per heavy atom. The highest BCUT2D eigenvalue weighted by molar-refractivity contribution is 5.45. The minimum Gasteiger partial charge on any atom is -0.493 e. The van der Waals surface area contributed by atoms with Gasteiger partial charge in [0.15, 0.2) is 0 Å². The second-order valence-corrected chi connectivity index (χ2v) is 6.00. The average molecular weight is 294 g/mol. The van der Waals surface area contributed by atoms with E-state index in [1.165, 1.54) is 5.56 Å². The van der Waals surface area contributed by atoms with Crippen molar-refractivity contribution in [1.29, 1.82) is 0 Å². The van der Waals surface area contributed by atoms with E-state index in [-0.39, 0.29) is 5.92 Å². The van der Waals surface area contributed by atoms with Gasteiger partial charge < -0.3 is 14.9 Å². The highest BCUT2D eigenvalue weighted by Gasteiger charge is 2.22. The van der Waals surface area contributed by atoms with Crippen LogP contribution in [0.1, 0.15) is 62.6 Å². The lowest BCUT2D eigenvalue weighted by molar-refractivity contribution is 0.0213. The van der Waals surface area contributed by atoms with Crippen molar-refractivity contribution in [3.8, 4) is 5.75 Å². The quantitative estimate of drug-likeness (QED) is 0.768. The molecule has 0 fully saturated rings. The van der Waals surface area contributed by atoms with Crippen LogP contribution in [0.4, 0.5) is 0 Å². The molecule has 0 radical (unpaired) electrons. The van der Waals surface area contributed by atoms with Crippen molar-refractivity contribution in [3.63, 3.8) is 0 Å². The molecule has 0 aromatic heterocycles. The van der Waals surface area contributed by atoms with Crippen molar-refractivity contribution in [1.82, 2.24) is 0 Å². The highest BCUT2D eigenvalue weighted by Crippen LogP contribution is 2.36. The van der Waals surface area contributed by atoms with Gasteiger partial charge >= 0.3 is 0 Å². The Morgan fingerprint density at radius 1 is 1.14 bits per heavy atom. The van der Waals surface area contributed by atoms with Gasteiger partial charge in [0.1, 0.15) is 5.75 Å². The summed E-state index contributed by atoms with van der Waals surface area (Å²) in [5, 5.41) is 19.6. The topological polar surface area (TPSA) is 49.7 Å². The minimum absolute atomic E-state index is 0.194. The lowest BCUT2D eigenvalue weighted by Gasteiger charge is -2.25. The highest BCUT2D eigenvalue weighted by atomic mass is 16.5. The molecule has 2 N–H and O–H groups in total. The molecule has 3 unspecified atom stereocenters. The van der Waals surface area contributed by atoms with Gasteiger partial charge in [-0.05, 0) is 57.1 Å². The van der Waals surface area contributed by atoms with Crippen LogP contribution in [-0.2, 0) is 0 Å². The first-order valence-electron chi connectivity index (χ1n) is 8.00. The fraction of sp³-hybridized carbons (Fsp3) is 0.667. The van der Waals surface area contributed by atoms with Gasteiger partial charge in [-0.25, -0.2) is 0 Å². The van der Waals surface area contributed by atoms with E-state index in [0.29, 0.717) is 13.0 Å². The Hall–Kier alpha value is -1.06. The van der Waals surface area contributed by atoms with Gasteiger partial charge in [-0.1, -0.05) is 31.5 Å². The largest absolute Gasteiger partial charge is 0.493 e. The third-order valence-corrected chi connectivity index (χ3v) is 3.91. The van der Waals surface area contributed by atoms with Crippen molar-refractivity contribution in [3.05, 3.63) is 28.8 Å². The molecule has 0 bridgehead atoms. The van der Waals surface area contributed by atoms with E-state index in [0.717, 1.165) is 29.7 Å². The third-order valence-electron chi connectivity index (χ3n) is 3.91. The molecule has 1 rings (SSSR count). The molecule has 0 aliphatic rings. The molecule has 0 heterocycles. The molecule has 0 saturated carbocycles. The molecule has 3 nitrogen and oxygen atoms in total. The van der Waals surface area contributed by atoms with E-state index in [9.17, 15) is 10.2 Å². The van der Waals surface area contributed by atoms with Crippen molar-refractivity contribution in [2.45, 2.75) is 72.0 Å². The first-order valence-corrected chi connectivity index (χ1v) is 8.00. The molecule has 0 amide bonds. The van der Waals surface area contributed by atoms with Crippen LogP contribution in [0.5, 0.6) is 5.75 Å². The predicted molar refractivity (Wildman–Crippen MR) is 87.0 cm³/mol. The number of hydrogen-bond acceptors (Lipinski definition) is 3. The smallest absolute Gasteiger partial charge is 0.125 e. The Bertz CT molecular complexity index is 440. The maximum Gasteiger partial charge on any atom is 0.125 e. The van der Waals surface area contributed by atoms with Gasteiger partial charge in [0.05, 0.1) is 18.8 Å². The van der Waals surface area contributed by atoms with Crippen molar-refractivity contribution in [2.24, 2.45) is 0 Å². The number of aliphatic hydroxyl groups excluding tert-OH is 2. The maximum absolute atomic E-state index is 10.0. The van der Waals surface area contributed by atoms with Crippen molar-refractivity contribution < 1.29 is 14.9 Å². The molecule has 21 heavy (non-hydrogen) atoms. The summed E-state index contributed by atoms with van der Waals surface area (Å²) in [6, 6.07) is 4.28. The molecular weight excluding hydrogens is 264 g/mol. The second kappa shape index (κ2) is 8.40. The van der Waals surface area contributed by atoms with Crippen molar-refractivity contribution >= 4 is 0 Å². The molecule has 1 aromatic carbocycles. The Labute approximate surface area is 129 Å².